The third-order valence-electron chi connectivity index (χ3n) is 5.39. The van der Waals surface area contributed by atoms with Gasteiger partial charge in [0.1, 0.15) is 0 Å². The van der Waals surface area contributed by atoms with Gasteiger partial charge in [0.15, 0.2) is 6.10 Å². The molecule has 0 radical (unpaired) electrons. The summed E-state index contributed by atoms with van der Waals surface area (Å²) < 4.78 is 10.1. The van der Waals surface area contributed by atoms with E-state index < -0.39 is 30.1 Å². The van der Waals surface area contributed by atoms with Gasteiger partial charge < -0.3 is 24.4 Å². The molecule has 2 heterocycles. The lowest BCUT2D eigenvalue weighted by molar-refractivity contribution is -0.177. The molecule has 2 fully saturated rings. The second-order valence-corrected chi connectivity index (χ2v) is 7.62. The first kappa shape index (κ1) is 19.4. The predicted molar refractivity (Wildman–Crippen MR) is 99.2 cm³/mol. The summed E-state index contributed by atoms with van der Waals surface area (Å²) in [7, 11) is 0. The first-order chi connectivity index (χ1) is 13.8. The summed E-state index contributed by atoms with van der Waals surface area (Å²) in [6.45, 7) is 2.68. The van der Waals surface area contributed by atoms with E-state index in [1.807, 2.05) is 11.0 Å². The minimum Gasteiger partial charge on any atom is -0.478 e. The van der Waals surface area contributed by atoms with Gasteiger partial charge >= 0.3 is 11.9 Å². The van der Waals surface area contributed by atoms with Crippen LogP contribution in [0, 0.1) is 5.92 Å². The number of anilines is 1. The molecule has 3 aliphatic rings. The zero-order valence-electron chi connectivity index (χ0n) is 16.0. The minimum atomic E-state index is -1.73. The number of nitrogens with zero attached hydrogens (tertiary/aromatic N) is 2. The van der Waals surface area contributed by atoms with Crippen molar-refractivity contribution in [3.05, 3.63) is 29.3 Å². The number of morpholine rings is 1. The van der Waals surface area contributed by atoms with Crippen LogP contribution >= 0.6 is 0 Å². The zero-order valence-corrected chi connectivity index (χ0v) is 16.0. The number of carboxylic acids is 1. The van der Waals surface area contributed by atoms with Crippen molar-refractivity contribution in [1.82, 2.24) is 4.90 Å². The Labute approximate surface area is 167 Å². The SMILES string of the molecule is CC(=O)O[C@@H](C(=O)O)[C@H]1OCCN(c2ccc3c(c2)C(=O)N(CC2CC2)C3)C1=O. The zero-order chi connectivity index (χ0) is 20.7. The van der Waals surface area contributed by atoms with Crippen LogP contribution in [-0.4, -0.2) is 65.7 Å². The Morgan fingerprint density at radius 3 is 2.72 bits per heavy atom. The first-order valence-corrected chi connectivity index (χ1v) is 9.60. The summed E-state index contributed by atoms with van der Waals surface area (Å²) in [5, 5.41) is 9.34. The van der Waals surface area contributed by atoms with E-state index in [0.29, 0.717) is 23.7 Å². The lowest BCUT2D eigenvalue weighted by Crippen LogP contribution is -2.55. The van der Waals surface area contributed by atoms with E-state index in [9.17, 15) is 24.3 Å². The Kier molecular flexibility index (Phi) is 4.99. The average molecular weight is 402 g/mol. The molecule has 0 aromatic heterocycles. The number of carbonyl (C=O) groups is 4. The van der Waals surface area contributed by atoms with Gasteiger partial charge in [-0.15, -0.1) is 0 Å². The molecule has 1 N–H and O–H groups in total. The van der Waals surface area contributed by atoms with E-state index in [1.165, 1.54) is 4.90 Å². The molecule has 9 heteroatoms. The maximum absolute atomic E-state index is 12.9. The summed E-state index contributed by atoms with van der Waals surface area (Å²) in [6.07, 6.45) is -0.863. The van der Waals surface area contributed by atoms with Crippen molar-refractivity contribution in [3.63, 3.8) is 0 Å². The van der Waals surface area contributed by atoms with Crippen LogP contribution in [0.2, 0.25) is 0 Å². The second-order valence-electron chi connectivity index (χ2n) is 7.62. The number of benzene rings is 1. The number of amides is 2. The van der Waals surface area contributed by atoms with E-state index in [-0.39, 0.29) is 19.1 Å². The molecule has 1 aromatic rings. The fourth-order valence-corrected chi connectivity index (χ4v) is 3.78. The molecule has 2 aliphatic heterocycles. The smallest absolute Gasteiger partial charge is 0.348 e. The normalized spacial score (nSPS) is 22.4. The minimum absolute atomic E-state index is 0.0469. The van der Waals surface area contributed by atoms with Gasteiger partial charge in [-0.2, -0.15) is 0 Å². The van der Waals surface area contributed by atoms with E-state index in [2.05, 4.69) is 0 Å². The third-order valence-corrected chi connectivity index (χ3v) is 5.39. The van der Waals surface area contributed by atoms with E-state index in [4.69, 9.17) is 9.47 Å². The van der Waals surface area contributed by atoms with Gasteiger partial charge in [0.25, 0.3) is 11.8 Å². The highest BCUT2D eigenvalue weighted by Gasteiger charge is 2.43. The van der Waals surface area contributed by atoms with Crippen LogP contribution in [0.3, 0.4) is 0 Å². The van der Waals surface area contributed by atoms with Crippen molar-refractivity contribution in [2.45, 2.75) is 38.5 Å². The molecular weight excluding hydrogens is 380 g/mol. The van der Waals surface area contributed by atoms with Crippen LogP contribution in [0.4, 0.5) is 5.69 Å². The summed E-state index contributed by atoms with van der Waals surface area (Å²) in [4.78, 5) is 51.5. The Hall–Kier alpha value is -2.94. The molecule has 0 spiro atoms. The molecule has 9 nitrogen and oxygen atoms in total. The number of carboxylic acid groups (broad SMARTS) is 1. The highest BCUT2D eigenvalue weighted by Crippen LogP contribution is 2.34. The standard InChI is InChI=1S/C20H22N2O7/c1-11(23)29-17(20(26)27)16-19(25)22(6-7-28-16)14-5-4-13-10-21(9-12-2-3-12)18(24)15(13)8-14/h4-5,8,12,16-17H,2-3,6-7,9-10H2,1H3,(H,26,27)/t16-,17-/m1/s1. The summed E-state index contributed by atoms with van der Waals surface area (Å²) in [5.74, 6) is -2.35. The second kappa shape index (κ2) is 7.47. The number of rotatable bonds is 6. The summed E-state index contributed by atoms with van der Waals surface area (Å²) in [5.41, 5.74) is 1.98. The molecule has 154 valence electrons. The Bertz CT molecular complexity index is 880. The van der Waals surface area contributed by atoms with E-state index in [0.717, 1.165) is 31.9 Å². The quantitative estimate of drug-likeness (QED) is 0.700. The summed E-state index contributed by atoms with van der Waals surface area (Å²) >= 11 is 0. The Morgan fingerprint density at radius 2 is 2.07 bits per heavy atom. The van der Waals surface area contributed by atoms with Gasteiger partial charge in [-0.05, 0) is 36.5 Å². The molecule has 1 aliphatic carbocycles. The van der Waals surface area contributed by atoms with Crippen molar-refractivity contribution >= 4 is 29.4 Å². The number of aliphatic carboxylic acids is 1. The van der Waals surface area contributed by atoms with Crippen molar-refractivity contribution < 1.29 is 33.8 Å². The first-order valence-electron chi connectivity index (χ1n) is 9.60. The van der Waals surface area contributed by atoms with Gasteiger partial charge in [-0.25, -0.2) is 4.79 Å². The van der Waals surface area contributed by atoms with Gasteiger partial charge in [0.05, 0.1) is 6.61 Å². The van der Waals surface area contributed by atoms with E-state index >= 15 is 0 Å². The van der Waals surface area contributed by atoms with Crippen molar-refractivity contribution in [2.75, 3.05) is 24.6 Å². The average Bonchev–Trinajstić information content (AvgIpc) is 3.44. The van der Waals surface area contributed by atoms with Gasteiger partial charge in [0, 0.05) is 37.8 Å². The molecule has 0 unspecified atom stereocenters. The number of hydrogen-bond acceptors (Lipinski definition) is 6. The van der Waals surface area contributed by atoms with Crippen LogP contribution in [0.25, 0.3) is 0 Å². The molecule has 2 amide bonds. The highest BCUT2D eigenvalue weighted by atomic mass is 16.6. The van der Waals surface area contributed by atoms with Crippen molar-refractivity contribution in [2.24, 2.45) is 5.92 Å². The van der Waals surface area contributed by atoms with Crippen LogP contribution in [0.5, 0.6) is 0 Å². The lowest BCUT2D eigenvalue weighted by Gasteiger charge is -2.34. The van der Waals surface area contributed by atoms with Crippen LogP contribution in [0.15, 0.2) is 18.2 Å². The monoisotopic (exact) mass is 402 g/mol. The highest BCUT2D eigenvalue weighted by molar-refractivity contribution is 6.03. The maximum atomic E-state index is 12.9. The fraction of sp³-hybridized carbons (Fsp3) is 0.500. The number of carbonyl (C=O) groups excluding carboxylic acids is 3. The third kappa shape index (κ3) is 3.82. The maximum Gasteiger partial charge on any atom is 0.348 e. The predicted octanol–water partition coefficient (Wildman–Crippen LogP) is 0.800. The van der Waals surface area contributed by atoms with Gasteiger partial charge in [-0.3, -0.25) is 14.4 Å². The Balaban J connectivity index is 1.55. The molecular formula is C20H22N2O7. The van der Waals surface area contributed by atoms with Crippen molar-refractivity contribution in [3.8, 4) is 0 Å². The van der Waals surface area contributed by atoms with Crippen molar-refractivity contribution in [1.29, 1.82) is 0 Å². The number of hydrogen-bond donors (Lipinski definition) is 1. The van der Waals surface area contributed by atoms with Gasteiger partial charge in [0.2, 0.25) is 6.10 Å². The molecule has 4 rings (SSSR count). The molecule has 1 saturated carbocycles. The molecule has 29 heavy (non-hydrogen) atoms. The Morgan fingerprint density at radius 1 is 1.31 bits per heavy atom. The molecule has 1 saturated heterocycles. The fourth-order valence-electron chi connectivity index (χ4n) is 3.78. The largest absolute Gasteiger partial charge is 0.478 e. The number of ether oxygens (including phenoxy) is 2. The van der Waals surface area contributed by atoms with Gasteiger partial charge in [-0.1, -0.05) is 6.07 Å². The molecule has 1 aromatic carbocycles. The number of fused-ring (bicyclic) bond motifs is 1. The van der Waals surface area contributed by atoms with Crippen LogP contribution in [-0.2, 0) is 30.4 Å². The molecule has 0 bridgehead atoms. The lowest BCUT2D eigenvalue weighted by atomic mass is 10.1. The van der Waals surface area contributed by atoms with Crippen LogP contribution < -0.4 is 4.90 Å². The van der Waals surface area contributed by atoms with E-state index in [1.54, 1.807) is 12.1 Å². The van der Waals surface area contributed by atoms with Crippen LogP contribution in [0.1, 0.15) is 35.7 Å². The molecule has 2 atom stereocenters. The summed E-state index contributed by atoms with van der Waals surface area (Å²) in [6, 6.07) is 5.25. The number of esters is 1. The topological polar surface area (TPSA) is 113 Å².